The number of ketones is 6. The third kappa shape index (κ3) is 11.9. The van der Waals surface area contributed by atoms with Gasteiger partial charge in [0.15, 0.2) is 34.7 Å². The Morgan fingerprint density at radius 2 is 0.545 bits per heavy atom. The number of hydrogen-bond acceptors (Lipinski definition) is 12. The average molecular weight is 890 g/mol. The first-order chi connectivity index (χ1) is 26.1. The van der Waals surface area contributed by atoms with Crippen LogP contribution in [-0.2, 0) is 0 Å². The lowest BCUT2D eigenvalue weighted by atomic mass is 9.89. The van der Waals surface area contributed by atoms with Gasteiger partial charge >= 0.3 is 0 Å². The summed E-state index contributed by atoms with van der Waals surface area (Å²) in [7, 11) is 0. The highest BCUT2D eigenvalue weighted by atomic mass is 35.5. The molecule has 0 aliphatic rings. The Bertz CT molecular complexity index is 1890. The zero-order valence-corrected chi connectivity index (χ0v) is 37.3. The molecule has 55 heavy (non-hydrogen) atoms. The Balaban J connectivity index is 0.000000218. The molecule has 0 N–H and O–H groups in total. The summed E-state index contributed by atoms with van der Waals surface area (Å²) in [6.07, 6.45) is 0.920. The predicted molar refractivity (Wildman–Crippen MR) is 234 cm³/mol. The molecule has 0 aromatic carbocycles. The lowest BCUT2D eigenvalue weighted by Gasteiger charge is -2.13. The molecule has 0 aliphatic carbocycles. The number of rotatable bonds is 14. The van der Waals surface area contributed by atoms with Gasteiger partial charge < -0.3 is 0 Å². The van der Waals surface area contributed by atoms with E-state index in [4.69, 9.17) is 23.2 Å². The Labute approximate surface area is 354 Å². The van der Waals surface area contributed by atoms with Crippen molar-refractivity contribution in [3.63, 3.8) is 0 Å². The van der Waals surface area contributed by atoms with Gasteiger partial charge in [-0.1, -0.05) is 0 Å². The van der Waals surface area contributed by atoms with Crippen LogP contribution in [0.25, 0.3) is 0 Å². The van der Waals surface area contributed by atoms with Crippen molar-refractivity contribution in [3.8, 4) is 0 Å². The van der Waals surface area contributed by atoms with E-state index in [-0.39, 0.29) is 46.5 Å². The van der Waals surface area contributed by atoms with Crippen molar-refractivity contribution < 1.29 is 28.8 Å². The zero-order chi connectivity index (χ0) is 40.4. The highest BCUT2D eigenvalue weighted by molar-refractivity contribution is 7.14. The van der Waals surface area contributed by atoms with Crippen molar-refractivity contribution in [2.75, 3.05) is 11.8 Å². The lowest BCUT2D eigenvalue weighted by molar-refractivity contribution is 0.101. The highest BCUT2D eigenvalue weighted by Crippen LogP contribution is 2.40. The molecule has 0 unspecified atom stereocenters. The van der Waals surface area contributed by atoms with Crippen LogP contribution in [0.2, 0.25) is 0 Å². The van der Waals surface area contributed by atoms with E-state index in [0.717, 1.165) is 39.8 Å². The van der Waals surface area contributed by atoms with Crippen LogP contribution in [0.5, 0.6) is 0 Å². The molecule has 14 heteroatoms. The molecule has 0 aliphatic heterocycles. The lowest BCUT2D eigenvalue weighted by Crippen LogP contribution is -2.00. The fraction of sp³-hybridized carbons (Fsp3) is 0.268. The monoisotopic (exact) mass is 888 g/mol. The van der Waals surface area contributed by atoms with Crippen molar-refractivity contribution >= 4 is 126 Å². The smallest absolute Gasteiger partial charge is 0.169 e. The predicted octanol–water partition coefficient (Wildman–Crippen LogP) is 13.2. The summed E-state index contributed by atoms with van der Waals surface area (Å²) in [5.41, 5.74) is 6.06. The van der Waals surface area contributed by atoms with Crippen LogP contribution in [0.1, 0.15) is 151 Å². The molecule has 0 saturated carbocycles. The van der Waals surface area contributed by atoms with E-state index in [0.29, 0.717) is 41.0 Å². The summed E-state index contributed by atoms with van der Waals surface area (Å²) >= 11 is 19.0. The third-order valence-corrected chi connectivity index (χ3v) is 14.9. The molecule has 0 bridgehead atoms. The van der Waals surface area contributed by atoms with Crippen molar-refractivity contribution in [3.05, 3.63) is 131 Å². The van der Waals surface area contributed by atoms with Crippen molar-refractivity contribution in [1.82, 2.24) is 0 Å². The maximum absolute atomic E-state index is 11.7. The minimum atomic E-state index is -0.0851. The molecule has 6 aromatic heterocycles. The second-order valence-corrected chi connectivity index (χ2v) is 18.6. The molecule has 6 nitrogen and oxygen atoms in total. The molecule has 0 amide bonds. The van der Waals surface area contributed by atoms with E-state index >= 15 is 0 Å². The second kappa shape index (κ2) is 20.8. The van der Waals surface area contributed by atoms with Crippen LogP contribution in [0.4, 0.5) is 0 Å². The summed E-state index contributed by atoms with van der Waals surface area (Å²) in [5.74, 6) is 1.44. The number of halogens is 2. The van der Waals surface area contributed by atoms with Crippen LogP contribution in [0, 0.1) is 0 Å². The van der Waals surface area contributed by atoms with E-state index in [9.17, 15) is 28.8 Å². The average Bonchev–Trinajstić information content (AvgIpc) is 3.98. The number of thiophene rings is 6. The van der Waals surface area contributed by atoms with E-state index < -0.39 is 0 Å². The Kier molecular flexibility index (Phi) is 16.8. The van der Waals surface area contributed by atoms with Gasteiger partial charge in [0.1, 0.15) is 0 Å². The van der Waals surface area contributed by atoms with Crippen LogP contribution in [-0.4, -0.2) is 46.5 Å². The van der Waals surface area contributed by atoms with E-state index in [2.05, 4.69) is 0 Å². The molecule has 6 heterocycles. The Hall–Kier alpha value is -3.20. The quantitative estimate of drug-likeness (QED) is 0.0797. The van der Waals surface area contributed by atoms with Crippen molar-refractivity contribution in [1.29, 1.82) is 0 Å². The molecular weight excluding hydrogens is 852 g/mol. The van der Waals surface area contributed by atoms with Crippen LogP contribution in [0.15, 0.2) is 68.7 Å². The molecule has 0 spiro atoms. The number of Topliss-reactive ketones (excluding diaryl/α,β-unsaturated/α-hetero) is 6. The molecule has 0 atom stereocenters. The van der Waals surface area contributed by atoms with E-state index in [1.807, 2.05) is 68.7 Å². The third-order valence-electron chi connectivity index (χ3n) is 8.07. The fourth-order valence-corrected chi connectivity index (χ4v) is 10.8. The first-order valence-corrected chi connectivity index (χ1v) is 23.2. The van der Waals surface area contributed by atoms with Gasteiger partial charge in [0.2, 0.25) is 0 Å². The Morgan fingerprint density at radius 3 is 0.636 bits per heavy atom. The highest BCUT2D eigenvalue weighted by Gasteiger charge is 2.24. The maximum atomic E-state index is 11.7. The van der Waals surface area contributed by atoms with Gasteiger partial charge in [-0.15, -0.1) is 91.2 Å². The fourth-order valence-electron chi connectivity index (χ4n) is 5.33. The van der Waals surface area contributed by atoms with Gasteiger partial charge in [0.25, 0.3) is 0 Å². The molecule has 0 radical (unpaired) electrons. The van der Waals surface area contributed by atoms with Gasteiger partial charge in [0, 0.05) is 23.6 Å². The molecule has 0 fully saturated rings. The molecule has 6 aromatic rings. The standard InChI is InChI=1S/2C19H16O3S3.C3H6Cl2/c2*1-10(20)16-4-13(7-23-16)19(14-5-17(11(2)21)24-8-14)15-6-18(12(3)22)25-9-15;4-2-1-3-5/h2*4-9,19H,1-3H3;1-3H2. The number of carbonyl (C=O) groups is 6. The largest absolute Gasteiger partial charge is 0.294 e. The normalized spacial score (nSPS) is 10.8. The molecular formula is C41H38Cl2O6S6. The molecule has 288 valence electrons. The summed E-state index contributed by atoms with van der Waals surface area (Å²) < 4.78 is 0. The number of alkyl halides is 2. The van der Waals surface area contributed by atoms with Crippen LogP contribution < -0.4 is 0 Å². The second-order valence-electron chi connectivity index (χ2n) is 12.4. The first kappa shape index (κ1) is 44.5. The SMILES string of the molecule is CC(=O)c1cc(C(c2csc(C(C)=O)c2)c2csc(C(C)=O)c2)cs1.CC(=O)c1cc(C(c2csc(C(C)=O)c2)c2csc(C(C)=O)c2)cs1.ClCCCCl. The van der Waals surface area contributed by atoms with Crippen LogP contribution in [0.3, 0.4) is 0 Å². The summed E-state index contributed by atoms with van der Waals surface area (Å²) in [4.78, 5) is 74.3. The van der Waals surface area contributed by atoms with Gasteiger partial charge in [0.05, 0.1) is 29.3 Å². The van der Waals surface area contributed by atoms with Gasteiger partial charge in [-0.05, 0) is 150 Å². The summed E-state index contributed by atoms with van der Waals surface area (Å²) in [5, 5.41) is 11.9. The van der Waals surface area contributed by atoms with Gasteiger partial charge in [-0.2, -0.15) is 0 Å². The molecule has 0 saturated heterocycles. The number of carbonyl (C=O) groups excluding carboxylic acids is 6. The first-order valence-electron chi connectivity index (χ1n) is 16.8. The minimum Gasteiger partial charge on any atom is -0.294 e. The molecule has 6 rings (SSSR count). The van der Waals surface area contributed by atoms with Crippen LogP contribution >= 0.6 is 91.2 Å². The van der Waals surface area contributed by atoms with Crippen molar-refractivity contribution in [2.45, 2.75) is 59.8 Å². The van der Waals surface area contributed by atoms with E-state index in [1.54, 1.807) is 41.5 Å². The van der Waals surface area contributed by atoms with Gasteiger partial charge in [-0.3, -0.25) is 28.8 Å². The summed E-state index contributed by atoms with van der Waals surface area (Å²) in [6.45, 7) is 9.34. The zero-order valence-electron chi connectivity index (χ0n) is 30.9. The van der Waals surface area contributed by atoms with Crippen molar-refractivity contribution in [2.24, 2.45) is 0 Å². The topological polar surface area (TPSA) is 102 Å². The Morgan fingerprint density at radius 1 is 0.382 bits per heavy atom. The minimum absolute atomic E-state index is 0.0412. The van der Waals surface area contributed by atoms with Gasteiger partial charge in [-0.25, -0.2) is 0 Å². The maximum Gasteiger partial charge on any atom is 0.169 e. The number of hydrogen-bond donors (Lipinski definition) is 0. The summed E-state index contributed by atoms with van der Waals surface area (Å²) in [6, 6.07) is 11.5. The van der Waals surface area contributed by atoms with E-state index in [1.165, 1.54) is 68.0 Å².